The van der Waals surface area contributed by atoms with Crippen molar-refractivity contribution in [2.45, 2.75) is 12.7 Å². The van der Waals surface area contributed by atoms with E-state index in [0.29, 0.717) is 0 Å². The van der Waals surface area contributed by atoms with Crippen LogP contribution in [0.2, 0.25) is 0 Å². The number of hydrogen-bond donors (Lipinski definition) is 1. The zero-order valence-corrected chi connectivity index (χ0v) is 9.68. The number of alkyl carbamates (subject to hydrolysis) is 1. The van der Waals surface area contributed by atoms with Crippen molar-refractivity contribution in [2.75, 3.05) is 13.7 Å². The molecule has 1 N–H and O–H groups in total. The maximum Gasteiger partial charge on any atom is 0.407 e. The van der Waals surface area contributed by atoms with Crippen LogP contribution in [0.25, 0.3) is 0 Å². The molecule has 0 spiro atoms. The van der Waals surface area contributed by atoms with E-state index >= 15 is 0 Å². The molecule has 0 bridgehead atoms. The number of benzene rings is 1. The first kappa shape index (κ1) is 13.1. The lowest BCUT2D eigenvalue weighted by atomic mass is 10.2. The second-order valence-corrected chi connectivity index (χ2v) is 3.33. The number of amides is 1. The molecule has 0 saturated carbocycles. The highest BCUT2D eigenvalue weighted by molar-refractivity contribution is 5.67. The quantitative estimate of drug-likeness (QED) is 0.785. The maximum atomic E-state index is 11.3. The molecule has 0 aliphatic carbocycles. The molecule has 1 aromatic rings. The van der Waals surface area contributed by atoms with Crippen LogP contribution in [0.1, 0.15) is 5.56 Å². The Hall–Kier alpha value is -1.99. The number of carbonyl (C=O) groups is 1. The fraction of sp³-hybridized carbons (Fsp3) is 0.308. The highest BCUT2D eigenvalue weighted by Crippen LogP contribution is 2.00. The molecule has 1 atom stereocenters. The van der Waals surface area contributed by atoms with Crippen LogP contribution in [0.15, 0.2) is 30.3 Å². The van der Waals surface area contributed by atoms with Crippen LogP contribution < -0.4 is 5.32 Å². The Labute approximate surface area is 101 Å². The van der Waals surface area contributed by atoms with Crippen LogP contribution >= 0.6 is 0 Å². The normalized spacial score (nSPS) is 11.3. The Morgan fingerprint density at radius 2 is 2.18 bits per heavy atom. The van der Waals surface area contributed by atoms with Gasteiger partial charge in [0.25, 0.3) is 0 Å². The number of rotatable bonds is 5. The number of methoxy groups -OCH3 is 1. The topological polar surface area (TPSA) is 47.6 Å². The smallest absolute Gasteiger partial charge is 0.407 e. The van der Waals surface area contributed by atoms with E-state index in [9.17, 15) is 4.79 Å². The van der Waals surface area contributed by atoms with E-state index in [0.717, 1.165) is 5.56 Å². The zero-order valence-electron chi connectivity index (χ0n) is 9.68. The van der Waals surface area contributed by atoms with Crippen molar-refractivity contribution in [1.29, 1.82) is 0 Å². The average Bonchev–Trinajstić information content (AvgIpc) is 2.39. The van der Waals surface area contributed by atoms with Gasteiger partial charge >= 0.3 is 6.09 Å². The third kappa shape index (κ3) is 5.05. The molecule has 0 aliphatic heterocycles. The number of terminal acetylenes is 1. The van der Waals surface area contributed by atoms with Gasteiger partial charge in [-0.25, -0.2) is 4.79 Å². The first-order valence-electron chi connectivity index (χ1n) is 5.19. The van der Waals surface area contributed by atoms with Crippen molar-refractivity contribution < 1.29 is 14.3 Å². The van der Waals surface area contributed by atoms with Crippen molar-refractivity contribution in [3.05, 3.63) is 35.9 Å². The minimum Gasteiger partial charge on any atom is -0.445 e. The fourth-order valence-electron chi connectivity index (χ4n) is 1.16. The van der Waals surface area contributed by atoms with Gasteiger partial charge in [0.05, 0.1) is 6.54 Å². The molecular formula is C13H15NO3. The Morgan fingerprint density at radius 3 is 2.76 bits per heavy atom. The predicted molar refractivity (Wildman–Crippen MR) is 64.3 cm³/mol. The van der Waals surface area contributed by atoms with Crippen molar-refractivity contribution in [1.82, 2.24) is 5.32 Å². The van der Waals surface area contributed by atoms with E-state index in [4.69, 9.17) is 15.9 Å². The standard InChI is InChI=1S/C13H15NO3/c1-3-12(16-2)9-14-13(15)17-10-11-7-5-4-6-8-11/h1,4-8,12H,9-10H2,2H3,(H,14,15). The van der Waals surface area contributed by atoms with Crippen molar-refractivity contribution in [3.8, 4) is 12.3 Å². The molecule has 90 valence electrons. The summed E-state index contributed by atoms with van der Waals surface area (Å²) in [7, 11) is 1.49. The summed E-state index contributed by atoms with van der Waals surface area (Å²) in [6.07, 6.45) is 4.23. The number of ether oxygens (including phenoxy) is 2. The van der Waals surface area contributed by atoms with Gasteiger partial charge in [0.1, 0.15) is 12.7 Å². The van der Waals surface area contributed by atoms with E-state index in [1.165, 1.54) is 7.11 Å². The van der Waals surface area contributed by atoms with Crippen LogP contribution in [0.4, 0.5) is 4.79 Å². The Balaban J connectivity index is 2.25. The van der Waals surface area contributed by atoms with Crippen LogP contribution in [0.3, 0.4) is 0 Å². The summed E-state index contributed by atoms with van der Waals surface area (Å²) in [5.41, 5.74) is 0.933. The summed E-state index contributed by atoms with van der Waals surface area (Å²) in [5, 5.41) is 2.53. The highest BCUT2D eigenvalue weighted by atomic mass is 16.5. The first-order valence-corrected chi connectivity index (χ1v) is 5.19. The zero-order chi connectivity index (χ0) is 12.5. The summed E-state index contributed by atoms with van der Waals surface area (Å²) in [5.74, 6) is 2.39. The van der Waals surface area contributed by atoms with Crippen LogP contribution in [-0.2, 0) is 16.1 Å². The predicted octanol–water partition coefficient (Wildman–Crippen LogP) is 1.56. The summed E-state index contributed by atoms with van der Waals surface area (Å²) in [6.45, 7) is 0.473. The molecule has 0 saturated heterocycles. The van der Waals surface area contributed by atoms with E-state index in [-0.39, 0.29) is 13.2 Å². The molecule has 4 heteroatoms. The Bertz CT molecular complexity index is 383. The third-order valence-electron chi connectivity index (χ3n) is 2.11. The highest BCUT2D eigenvalue weighted by Gasteiger charge is 2.06. The monoisotopic (exact) mass is 233 g/mol. The van der Waals surface area contributed by atoms with Gasteiger partial charge in [0.15, 0.2) is 0 Å². The molecule has 17 heavy (non-hydrogen) atoms. The molecule has 1 amide bonds. The minimum atomic E-state index is -0.508. The van der Waals surface area contributed by atoms with Crippen LogP contribution in [0, 0.1) is 12.3 Å². The summed E-state index contributed by atoms with van der Waals surface area (Å²) in [4.78, 5) is 11.3. The largest absolute Gasteiger partial charge is 0.445 e. The van der Waals surface area contributed by atoms with Gasteiger partial charge in [-0.2, -0.15) is 0 Å². The van der Waals surface area contributed by atoms with Gasteiger partial charge in [-0.1, -0.05) is 36.3 Å². The van der Waals surface area contributed by atoms with Gasteiger partial charge in [0.2, 0.25) is 0 Å². The molecule has 1 unspecified atom stereocenters. The Morgan fingerprint density at radius 1 is 1.47 bits per heavy atom. The number of nitrogens with one attached hydrogen (secondary N) is 1. The van der Waals surface area contributed by atoms with Crippen LogP contribution in [0.5, 0.6) is 0 Å². The van der Waals surface area contributed by atoms with E-state index in [2.05, 4.69) is 11.2 Å². The molecule has 0 fully saturated rings. The molecule has 0 aromatic heterocycles. The summed E-state index contributed by atoms with van der Waals surface area (Å²) < 4.78 is 9.90. The SMILES string of the molecule is C#CC(CNC(=O)OCc1ccccc1)OC. The van der Waals surface area contributed by atoms with Crippen molar-refractivity contribution >= 4 is 6.09 Å². The van der Waals surface area contributed by atoms with Gasteiger partial charge in [0, 0.05) is 7.11 Å². The van der Waals surface area contributed by atoms with E-state index < -0.39 is 12.2 Å². The number of hydrogen-bond acceptors (Lipinski definition) is 3. The lowest BCUT2D eigenvalue weighted by molar-refractivity contribution is 0.121. The lowest BCUT2D eigenvalue weighted by Gasteiger charge is -2.10. The second kappa shape index (κ2) is 7.31. The summed E-state index contributed by atoms with van der Waals surface area (Å²) in [6, 6.07) is 9.44. The van der Waals surface area contributed by atoms with Gasteiger partial charge in [-0.05, 0) is 5.56 Å². The lowest BCUT2D eigenvalue weighted by Crippen LogP contribution is -2.32. The Kier molecular flexibility index (Phi) is 5.62. The van der Waals surface area contributed by atoms with Gasteiger partial charge in [-0.15, -0.1) is 6.42 Å². The van der Waals surface area contributed by atoms with E-state index in [1.54, 1.807) is 0 Å². The minimum absolute atomic E-state index is 0.236. The van der Waals surface area contributed by atoms with Gasteiger partial charge in [-0.3, -0.25) is 0 Å². The molecule has 1 rings (SSSR count). The van der Waals surface area contributed by atoms with E-state index in [1.807, 2.05) is 30.3 Å². The van der Waals surface area contributed by atoms with Crippen molar-refractivity contribution in [2.24, 2.45) is 0 Å². The molecule has 1 aromatic carbocycles. The number of carbonyl (C=O) groups excluding carboxylic acids is 1. The van der Waals surface area contributed by atoms with Gasteiger partial charge < -0.3 is 14.8 Å². The molecular weight excluding hydrogens is 218 g/mol. The molecule has 0 heterocycles. The maximum absolute atomic E-state index is 11.3. The van der Waals surface area contributed by atoms with Crippen LogP contribution in [-0.4, -0.2) is 25.9 Å². The first-order chi connectivity index (χ1) is 8.26. The van der Waals surface area contributed by atoms with Crippen molar-refractivity contribution in [3.63, 3.8) is 0 Å². The molecule has 4 nitrogen and oxygen atoms in total. The summed E-state index contributed by atoms with van der Waals surface area (Å²) >= 11 is 0. The molecule has 0 aliphatic rings. The second-order valence-electron chi connectivity index (χ2n) is 3.33. The third-order valence-corrected chi connectivity index (χ3v) is 2.11. The molecule has 0 radical (unpaired) electrons. The average molecular weight is 233 g/mol. The fourth-order valence-corrected chi connectivity index (χ4v) is 1.16.